The minimum atomic E-state index is -0.890. The monoisotopic (exact) mass is 250 g/mol. The van der Waals surface area contributed by atoms with Crippen molar-refractivity contribution in [1.82, 2.24) is 0 Å². The van der Waals surface area contributed by atoms with Crippen molar-refractivity contribution in [2.45, 2.75) is 20.0 Å². The molecular formula is C9H14O8. The van der Waals surface area contributed by atoms with Crippen LogP contribution in [0.4, 0.5) is 0 Å². The number of hydrogen-bond donors (Lipinski definition) is 1. The van der Waals surface area contributed by atoms with Gasteiger partial charge >= 0.3 is 17.9 Å². The average molecular weight is 250 g/mol. The molecule has 0 aliphatic heterocycles. The van der Waals surface area contributed by atoms with Crippen molar-refractivity contribution in [3.05, 3.63) is 0 Å². The number of carbonyl (C=O) groups excluding carboxylic acids is 3. The van der Waals surface area contributed by atoms with Crippen LogP contribution in [-0.4, -0.2) is 49.1 Å². The van der Waals surface area contributed by atoms with Crippen LogP contribution in [0.3, 0.4) is 0 Å². The maximum Gasteiger partial charge on any atom is 0.335 e. The van der Waals surface area contributed by atoms with Crippen LogP contribution < -0.4 is 0 Å². The summed E-state index contributed by atoms with van der Waals surface area (Å²) in [5, 5.41) is 7.97. The molecule has 8 nitrogen and oxygen atoms in total. The number of hydrogen-bond acceptors (Lipinski definition) is 8. The minimum Gasteiger partial charge on any atom is -0.462 e. The lowest BCUT2D eigenvalue weighted by Crippen LogP contribution is -2.30. The van der Waals surface area contributed by atoms with Crippen molar-refractivity contribution in [1.29, 1.82) is 0 Å². The summed E-state index contributed by atoms with van der Waals surface area (Å²) >= 11 is 0. The molecule has 0 saturated heterocycles. The molecule has 1 N–H and O–H groups in total. The summed E-state index contributed by atoms with van der Waals surface area (Å²) in [6.07, 6.45) is -0.890. The first-order valence-corrected chi connectivity index (χ1v) is 4.68. The molecule has 0 aromatic rings. The fourth-order valence-electron chi connectivity index (χ4n) is 0.841. The van der Waals surface area contributed by atoms with Crippen molar-refractivity contribution >= 4 is 17.9 Å². The maximum absolute atomic E-state index is 10.8. The van der Waals surface area contributed by atoms with Gasteiger partial charge in [-0.2, -0.15) is 0 Å². The van der Waals surface area contributed by atoms with Crippen LogP contribution in [0.1, 0.15) is 13.8 Å². The van der Waals surface area contributed by atoms with E-state index in [9.17, 15) is 14.4 Å². The number of esters is 3. The van der Waals surface area contributed by atoms with E-state index < -0.39 is 30.6 Å². The standard InChI is InChI=1S/C9H14O8/c1-6(10)14-3-8(17-7(2)11)4-15-9(12)5-16-13/h8,13H,3-5H2,1-2H3. The first-order chi connectivity index (χ1) is 7.95. The van der Waals surface area contributed by atoms with E-state index in [2.05, 4.69) is 14.4 Å². The van der Waals surface area contributed by atoms with Gasteiger partial charge in [0.1, 0.15) is 13.2 Å². The van der Waals surface area contributed by atoms with Crippen molar-refractivity contribution in [3.8, 4) is 0 Å². The lowest BCUT2D eigenvalue weighted by Gasteiger charge is -2.16. The number of ether oxygens (including phenoxy) is 3. The quantitative estimate of drug-likeness (QED) is 0.279. The van der Waals surface area contributed by atoms with Crippen molar-refractivity contribution < 1.29 is 38.7 Å². The molecule has 0 aromatic carbocycles. The highest BCUT2D eigenvalue weighted by Gasteiger charge is 2.16. The second kappa shape index (κ2) is 8.48. The first-order valence-electron chi connectivity index (χ1n) is 4.68. The van der Waals surface area contributed by atoms with Crippen LogP contribution >= 0.6 is 0 Å². The van der Waals surface area contributed by atoms with Crippen LogP contribution in [0.5, 0.6) is 0 Å². The molecule has 1 unspecified atom stereocenters. The zero-order valence-electron chi connectivity index (χ0n) is 9.50. The number of carbonyl (C=O) groups is 3. The second-order valence-electron chi connectivity index (χ2n) is 2.99. The molecule has 0 bridgehead atoms. The van der Waals surface area contributed by atoms with E-state index in [4.69, 9.17) is 9.99 Å². The molecular weight excluding hydrogens is 236 g/mol. The molecule has 0 aromatic heterocycles. The minimum absolute atomic E-state index is 0.220. The largest absolute Gasteiger partial charge is 0.462 e. The van der Waals surface area contributed by atoms with Crippen LogP contribution in [0.25, 0.3) is 0 Å². The third kappa shape index (κ3) is 9.27. The summed E-state index contributed by atoms with van der Waals surface area (Å²) in [6, 6.07) is 0. The summed E-state index contributed by atoms with van der Waals surface area (Å²) in [6.45, 7) is 1.20. The van der Waals surface area contributed by atoms with Crippen molar-refractivity contribution in [2.24, 2.45) is 0 Å². The Balaban J connectivity index is 4.04. The molecule has 0 aliphatic rings. The van der Waals surface area contributed by atoms with E-state index in [0.29, 0.717) is 0 Å². The van der Waals surface area contributed by atoms with Crippen molar-refractivity contribution in [3.63, 3.8) is 0 Å². The fraction of sp³-hybridized carbons (Fsp3) is 0.667. The van der Waals surface area contributed by atoms with Gasteiger partial charge in [-0.3, -0.25) is 14.8 Å². The second-order valence-corrected chi connectivity index (χ2v) is 2.99. The zero-order chi connectivity index (χ0) is 13.3. The molecule has 0 heterocycles. The van der Waals surface area contributed by atoms with Gasteiger partial charge in [0.05, 0.1) is 0 Å². The molecule has 98 valence electrons. The normalized spacial score (nSPS) is 11.5. The third-order valence-electron chi connectivity index (χ3n) is 1.42. The SMILES string of the molecule is CC(=O)OCC(COC(=O)COO)OC(C)=O. The van der Waals surface area contributed by atoms with E-state index >= 15 is 0 Å². The Bertz CT molecular complexity index is 274. The van der Waals surface area contributed by atoms with Gasteiger partial charge in [-0.15, -0.1) is 0 Å². The predicted molar refractivity (Wildman–Crippen MR) is 51.7 cm³/mol. The summed E-state index contributed by atoms with van der Waals surface area (Å²) in [5.41, 5.74) is 0. The van der Waals surface area contributed by atoms with Gasteiger partial charge in [-0.1, -0.05) is 0 Å². The predicted octanol–water partition coefficient (Wildman–Crippen LogP) is -0.486. The third-order valence-corrected chi connectivity index (χ3v) is 1.42. The van der Waals surface area contributed by atoms with Gasteiger partial charge in [-0.25, -0.2) is 9.68 Å². The topological polar surface area (TPSA) is 108 Å². The molecule has 17 heavy (non-hydrogen) atoms. The van der Waals surface area contributed by atoms with E-state index in [-0.39, 0.29) is 13.2 Å². The highest BCUT2D eigenvalue weighted by molar-refractivity contribution is 5.70. The average Bonchev–Trinajstić information content (AvgIpc) is 2.21. The Hall–Kier alpha value is -1.67. The fourth-order valence-corrected chi connectivity index (χ4v) is 0.841. The van der Waals surface area contributed by atoms with Gasteiger partial charge in [0.15, 0.2) is 12.7 Å². The Morgan fingerprint density at radius 2 is 1.65 bits per heavy atom. The smallest absolute Gasteiger partial charge is 0.335 e. The van der Waals surface area contributed by atoms with Crippen LogP contribution in [0, 0.1) is 0 Å². The van der Waals surface area contributed by atoms with Crippen LogP contribution in [0.2, 0.25) is 0 Å². The van der Waals surface area contributed by atoms with E-state index in [0.717, 1.165) is 0 Å². The molecule has 8 heteroatoms. The Morgan fingerprint density at radius 1 is 1.06 bits per heavy atom. The number of rotatable bonds is 7. The highest BCUT2D eigenvalue weighted by atomic mass is 17.1. The Morgan fingerprint density at radius 3 is 2.12 bits per heavy atom. The zero-order valence-corrected chi connectivity index (χ0v) is 9.50. The van der Waals surface area contributed by atoms with Gasteiger partial charge in [0, 0.05) is 13.8 Å². The lowest BCUT2D eigenvalue weighted by atomic mass is 10.4. The molecule has 0 fully saturated rings. The lowest BCUT2D eigenvalue weighted by molar-refractivity contribution is -0.245. The van der Waals surface area contributed by atoms with Crippen molar-refractivity contribution in [2.75, 3.05) is 19.8 Å². The summed E-state index contributed by atoms with van der Waals surface area (Å²) in [5.74, 6) is -1.99. The summed E-state index contributed by atoms with van der Waals surface area (Å²) in [7, 11) is 0. The molecule has 1 atom stereocenters. The molecule has 0 saturated carbocycles. The van der Waals surface area contributed by atoms with Crippen LogP contribution in [-0.2, 0) is 33.5 Å². The van der Waals surface area contributed by atoms with Gasteiger partial charge in [0.2, 0.25) is 0 Å². The first kappa shape index (κ1) is 15.3. The van der Waals surface area contributed by atoms with E-state index in [1.54, 1.807) is 0 Å². The van der Waals surface area contributed by atoms with Gasteiger partial charge in [0.25, 0.3) is 0 Å². The van der Waals surface area contributed by atoms with Gasteiger partial charge in [-0.05, 0) is 0 Å². The molecule has 0 spiro atoms. The summed E-state index contributed by atoms with van der Waals surface area (Å²) in [4.78, 5) is 35.6. The summed E-state index contributed by atoms with van der Waals surface area (Å²) < 4.78 is 13.9. The Labute approximate surface area is 97.3 Å². The maximum atomic E-state index is 10.8. The van der Waals surface area contributed by atoms with E-state index in [1.807, 2.05) is 0 Å². The molecule has 0 rings (SSSR count). The van der Waals surface area contributed by atoms with Gasteiger partial charge < -0.3 is 14.2 Å². The Kier molecular flexibility index (Phi) is 7.65. The highest BCUT2D eigenvalue weighted by Crippen LogP contribution is 1.97. The van der Waals surface area contributed by atoms with E-state index in [1.165, 1.54) is 13.8 Å². The molecule has 0 aliphatic carbocycles. The molecule has 0 amide bonds. The van der Waals surface area contributed by atoms with Crippen LogP contribution in [0.15, 0.2) is 0 Å². The molecule has 0 radical (unpaired) electrons.